The Hall–Kier alpha value is -6.95. The number of aromatic nitrogens is 1. The molecule has 0 radical (unpaired) electrons. The summed E-state index contributed by atoms with van der Waals surface area (Å²) in [7, 11) is 0. The number of benzene rings is 9. The monoisotopic (exact) mass is 646 g/mol. The van der Waals surface area contributed by atoms with Gasteiger partial charge in [-0.15, -0.1) is 0 Å². The van der Waals surface area contributed by atoms with Crippen molar-refractivity contribution in [2.24, 2.45) is 0 Å². The summed E-state index contributed by atoms with van der Waals surface area (Å²) in [6.45, 7) is 0. The molecule has 0 aliphatic carbocycles. The third kappa shape index (κ3) is 4.57. The molecule has 0 aliphatic rings. The van der Waals surface area contributed by atoms with Crippen molar-refractivity contribution in [2.75, 3.05) is 0 Å². The van der Waals surface area contributed by atoms with Crippen LogP contribution < -0.4 is 0 Å². The first-order chi connectivity index (χ1) is 25.3. The number of nitriles is 1. The lowest BCUT2D eigenvalue weighted by atomic mass is 9.84. The van der Waals surface area contributed by atoms with Crippen LogP contribution in [-0.4, -0.2) is 4.57 Å². The standard InChI is InChI=1S/C49H30N2/c50-31-32-27-36(30-37(28-32)51-46-25-9-7-18-39(46)40-19-8-10-26-47(40)51)34-15-11-16-35(29-34)48-42-20-3-5-22-44(42)49(45-23-6-4-21-43(45)48)41-24-12-14-33-13-1-2-17-38(33)41/h1-30H. The fourth-order valence-electron chi connectivity index (χ4n) is 8.20. The van der Waals surface area contributed by atoms with E-state index in [1.165, 1.54) is 59.8 Å². The maximum atomic E-state index is 10.3. The molecule has 1 heterocycles. The summed E-state index contributed by atoms with van der Waals surface area (Å²) in [6.07, 6.45) is 0. The Balaban J connectivity index is 1.20. The minimum absolute atomic E-state index is 0.630. The topological polar surface area (TPSA) is 28.7 Å². The van der Waals surface area contributed by atoms with Crippen LogP contribution in [0.15, 0.2) is 182 Å². The van der Waals surface area contributed by atoms with Gasteiger partial charge in [-0.2, -0.15) is 5.26 Å². The molecular formula is C49H30N2. The second kappa shape index (κ2) is 11.6. The van der Waals surface area contributed by atoms with Gasteiger partial charge < -0.3 is 4.57 Å². The fraction of sp³-hybridized carbons (Fsp3) is 0. The van der Waals surface area contributed by atoms with E-state index in [9.17, 15) is 5.26 Å². The van der Waals surface area contributed by atoms with Gasteiger partial charge in [0.25, 0.3) is 0 Å². The summed E-state index contributed by atoms with van der Waals surface area (Å²) in [5.74, 6) is 0. The summed E-state index contributed by atoms with van der Waals surface area (Å²) in [5.41, 5.74) is 10.8. The first kappa shape index (κ1) is 29.0. The van der Waals surface area contributed by atoms with Crippen molar-refractivity contribution < 1.29 is 0 Å². The van der Waals surface area contributed by atoms with Crippen LogP contribution in [0.1, 0.15) is 5.56 Å². The summed E-state index contributed by atoms with van der Waals surface area (Å²) < 4.78 is 2.28. The van der Waals surface area contributed by atoms with Gasteiger partial charge in [-0.1, -0.05) is 146 Å². The highest BCUT2D eigenvalue weighted by Gasteiger charge is 2.19. The van der Waals surface area contributed by atoms with E-state index in [1.807, 2.05) is 12.1 Å². The van der Waals surface area contributed by atoms with Crippen LogP contribution in [0.2, 0.25) is 0 Å². The molecule has 0 amide bonds. The van der Waals surface area contributed by atoms with Crippen LogP contribution in [0.3, 0.4) is 0 Å². The lowest BCUT2D eigenvalue weighted by Gasteiger charge is -2.19. The van der Waals surface area contributed by atoms with Crippen molar-refractivity contribution >= 4 is 54.1 Å². The molecule has 10 aromatic rings. The molecule has 236 valence electrons. The smallest absolute Gasteiger partial charge is 0.0992 e. The van der Waals surface area contributed by atoms with Crippen LogP contribution in [0, 0.1) is 11.3 Å². The van der Waals surface area contributed by atoms with E-state index in [2.05, 4.69) is 180 Å². The van der Waals surface area contributed by atoms with Gasteiger partial charge in [-0.25, -0.2) is 0 Å². The van der Waals surface area contributed by atoms with Gasteiger partial charge in [-0.3, -0.25) is 0 Å². The molecule has 2 nitrogen and oxygen atoms in total. The largest absolute Gasteiger partial charge is 0.309 e. The first-order valence-electron chi connectivity index (χ1n) is 17.3. The quantitative estimate of drug-likeness (QED) is 0.175. The Bertz CT molecular complexity index is 2930. The molecule has 0 unspecified atom stereocenters. The van der Waals surface area contributed by atoms with Gasteiger partial charge in [0.05, 0.1) is 22.7 Å². The van der Waals surface area contributed by atoms with E-state index >= 15 is 0 Å². The second-order valence-corrected chi connectivity index (χ2v) is 13.2. The van der Waals surface area contributed by atoms with E-state index in [1.54, 1.807) is 0 Å². The maximum absolute atomic E-state index is 10.3. The van der Waals surface area contributed by atoms with Crippen molar-refractivity contribution in [1.82, 2.24) is 4.57 Å². The van der Waals surface area contributed by atoms with E-state index < -0.39 is 0 Å². The number of rotatable bonds is 4. The fourth-order valence-corrected chi connectivity index (χ4v) is 8.20. The lowest BCUT2D eigenvalue weighted by molar-refractivity contribution is 1.18. The van der Waals surface area contributed by atoms with Crippen LogP contribution in [0.25, 0.3) is 93.2 Å². The maximum Gasteiger partial charge on any atom is 0.0992 e. The third-order valence-electron chi connectivity index (χ3n) is 10.4. The lowest BCUT2D eigenvalue weighted by Crippen LogP contribution is -1.96. The SMILES string of the molecule is N#Cc1cc(-c2cccc(-c3c4ccccc4c(-c4cccc5ccccc45)c4ccccc34)c2)cc(-n2c3ccccc3c3ccccc32)c1. The van der Waals surface area contributed by atoms with Gasteiger partial charge in [0, 0.05) is 16.5 Å². The third-order valence-corrected chi connectivity index (χ3v) is 10.4. The molecule has 0 bridgehead atoms. The first-order valence-corrected chi connectivity index (χ1v) is 17.3. The minimum Gasteiger partial charge on any atom is -0.309 e. The highest BCUT2D eigenvalue weighted by molar-refractivity contribution is 6.23. The van der Waals surface area contributed by atoms with Crippen molar-refractivity contribution in [3.8, 4) is 45.1 Å². The molecule has 1 aromatic heterocycles. The molecule has 0 aliphatic heterocycles. The number of hydrogen-bond acceptors (Lipinski definition) is 1. The average molecular weight is 647 g/mol. The Morgan fingerprint density at radius 3 is 1.53 bits per heavy atom. The molecule has 0 saturated heterocycles. The van der Waals surface area contributed by atoms with Gasteiger partial charge in [0.15, 0.2) is 0 Å². The van der Waals surface area contributed by atoms with Crippen LogP contribution >= 0.6 is 0 Å². The summed E-state index contributed by atoms with van der Waals surface area (Å²) in [6, 6.07) is 67.4. The predicted molar refractivity (Wildman–Crippen MR) is 214 cm³/mol. The highest BCUT2D eigenvalue weighted by Crippen LogP contribution is 2.46. The molecule has 0 atom stereocenters. The van der Waals surface area contributed by atoms with Gasteiger partial charge >= 0.3 is 0 Å². The summed E-state index contributed by atoms with van der Waals surface area (Å²) >= 11 is 0. The van der Waals surface area contributed by atoms with Crippen LogP contribution in [0.5, 0.6) is 0 Å². The normalized spacial score (nSPS) is 11.5. The Kier molecular flexibility index (Phi) is 6.59. The number of para-hydroxylation sites is 2. The molecule has 0 fully saturated rings. The van der Waals surface area contributed by atoms with Crippen molar-refractivity contribution in [2.45, 2.75) is 0 Å². The second-order valence-electron chi connectivity index (χ2n) is 13.2. The molecule has 0 N–H and O–H groups in total. The van der Waals surface area contributed by atoms with E-state index in [0.29, 0.717) is 5.56 Å². The molecule has 0 saturated carbocycles. The predicted octanol–water partition coefficient (Wildman–Crippen LogP) is 13.1. The highest BCUT2D eigenvalue weighted by atomic mass is 15.0. The van der Waals surface area contributed by atoms with Crippen LogP contribution in [0.4, 0.5) is 0 Å². The van der Waals surface area contributed by atoms with E-state index in [0.717, 1.165) is 33.4 Å². The Morgan fingerprint density at radius 1 is 0.373 bits per heavy atom. The molecule has 51 heavy (non-hydrogen) atoms. The van der Waals surface area contributed by atoms with Gasteiger partial charge in [0.2, 0.25) is 0 Å². The summed E-state index contributed by atoms with van der Waals surface area (Å²) in [5, 5.41) is 20.0. The molecule has 9 aromatic carbocycles. The summed E-state index contributed by atoms with van der Waals surface area (Å²) in [4.78, 5) is 0. The van der Waals surface area contributed by atoms with Crippen molar-refractivity contribution in [1.29, 1.82) is 5.26 Å². The Morgan fingerprint density at radius 2 is 0.882 bits per heavy atom. The molecule has 10 rings (SSSR count). The minimum atomic E-state index is 0.630. The Labute approximate surface area is 295 Å². The number of fused-ring (bicyclic) bond motifs is 6. The average Bonchev–Trinajstić information content (AvgIpc) is 3.54. The molecular weight excluding hydrogens is 617 g/mol. The van der Waals surface area contributed by atoms with Gasteiger partial charge in [-0.05, 0) is 102 Å². The molecule has 2 heteroatoms. The molecule has 0 spiro atoms. The van der Waals surface area contributed by atoms with Gasteiger partial charge in [0.1, 0.15) is 0 Å². The van der Waals surface area contributed by atoms with E-state index in [4.69, 9.17) is 0 Å². The number of nitrogens with zero attached hydrogens (tertiary/aromatic N) is 2. The van der Waals surface area contributed by atoms with E-state index in [-0.39, 0.29) is 0 Å². The zero-order valence-corrected chi connectivity index (χ0v) is 27.7. The van der Waals surface area contributed by atoms with Crippen molar-refractivity contribution in [3.05, 3.63) is 188 Å². The van der Waals surface area contributed by atoms with Crippen molar-refractivity contribution in [3.63, 3.8) is 0 Å². The zero-order chi connectivity index (χ0) is 33.9. The van der Waals surface area contributed by atoms with Crippen LogP contribution in [-0.2, 0) is 0 Å². The number of hydrogen-bond donors (Lipinski definition) is 0. The zero-order valence-electron chi connectivity index (χ0n) is 27.7.